The van der Waals surface area contributed by atoms with E-state index < -0.39 is 5.97 Å². The second kappa shape index (κ2) is 6.09. The van der Waals surface area contributed by atoms with Crippen LogP contribution in [0.1, 0.15) is 31.7 Å². The van der Waals surface area contributed by atoms with Crippen molar-refractivity contribution in [1.82, 2.24) is 0 Å². The molecule has 2 unspecified atom stereocenters. The lowest BCUT2D eigenvalue weighted by Crippen LogP contribution is -2.22. The fourth-order valence-corrected chi connectivity index (χ4v) is 2.93. The minimum absolute atomic E-state index is 0.178. The van der Waals surface area contributed by atoms with Crippen molar-refractivity contribution in [2.75, 3.05) is 18.0 Å². The zero-order valence-electron chi connectivity index (χ0n) is 11.8. The molecule has 1 fully saturated rings. The van der Waals surface area contributed by atoms with Gasteiger partial charge >= 0.3 is 5.97 Å². The van der Waals surface area contributed by atoms with Crippen LogP contribution in [0.5, 0.6) is 0 Å². The van der Waals surface area contributed by atoms with Crippen LogP contribution in [0.25, 0.3) is 0 Å². The van der Waals surface area contributed by atoms with Gasteiger partial charge in [-0.1, -0.05) is 19.1 Å². The molecule has 2 rings (SSSR count). The van der Waals surface area contributed by atoms with Gasteiger partial charge in [0.05, 0.1) is 5.92 Å². The van der Waals surface area contributed by atoms with Crippen molar-refractivity contribution >= 4 is 11.7 Å². The number of carboxylic acid groups (broad SMARTS) is 1. The first kappa shape index (κ1) is 13.9. The number of anilines is 1. The number of nitrogens with zero attached hydrogens (tertiary/aromatic N) is 1. The highest BCUT2D eigenvalue weighted by molar-refractivity contribution is 5.69. The lowest BCUT2D eigenvalue weighted by molar-refractivity contribution is -0.142. The summed E-state index contributed by atoms with van der Waals surface area (Å²) in [5.74, 6) is -0.305. The molecule has 1 aromatic carbocycles. The molecule has 1 aromatic rings. The maximum absolute atomic E-state index is 11.1. The summed E-state index contributed by atoms with van der Waals surface area (Å²) in [6.07, 6.45) is 2.65. The van der Waals surface area contributed by atoms with E-state index >= 15 is 0 Å². The molecule has 1 saturated heterocycles. The van der Waals surface area contributed by atoms with Crippen LogP contribution in [-0.4, -0.2) is 24.2 Å². The highest BCUT2D eigenvalue weighted by Gasteiger charge is 2.27. The average molecular weight is 261 g/mol. The Labute approximate surface area is 115 Å². The van der Waals surface area contributed by atoms with Crippen molar-refractivity contribution in [3.8, 4) is 0 Å². The highest BCUT2D eigenvalue weighted by atomic mass is 16.4. The van der Waals surface area contributed by atoms with Crippen LogP contribution in [0.2, 0.25) is 0 Å². The SMILES string of the molecule is CCC(CC1CCN(c2cccc(C)c2)C1)C(=O)O. The third-order valence-corrected chi connectivity index (χ3v) is 4.11. The Morgan fingerprint density at radius 1 is 1.53 bits per heavy atom. The molecule has 0 spiro atoms. The van der Waals surface area contributed by atoms with Gasteiger partial charge in [-0.25, -0.2) is 0 Å². The molecule has 2 atom stereocenters. The summed E-state index contributed by atoms with van der Waals surface area (Å²) in [5.41, 5.74) is 2.55. The van der Waals surface area contributed by atoms with E-state index in [4.69, 9.17) is 5.11 Å². The zero-order chi connectivity index (χ0) is 13.8. The van der Waals surface area contributed by atoms with Crippen molar-refractivity contribution < 1.29 is 9.90 Å². The van der Waals surface area contributed by atoms with Crippen molar-refractivity contribution in [1.29, 1.82) is 0 Å². The van der Waals surface area contributed by atoms with Crippen LogP contribution >= 0.6 is 0 Å². The first-order valence-electron chi connectivity index (χ1n) is 7.14. The molecule has 1 N–H and O–H groups in total. The Morgan fingerprint density at radius 3 is 2.95 bits per heavy atom. The van der Waals surface area contributed by atoms with Gasteiger partial charge in [0.25, 0.3) is 0 Å². The van der Waals surface area contributed by atoms with Gasteiger partial charge in [-0.2, -0.15) is 0 Å². The van der Waals surface area contributed by atoms with E-state index in [0.29, 0.717) is 5.92 Å². The number of aryl methyl sites for hydroxylation is 1. The van der Waals surface area contributed by atoms with Gasteiger partial charge in [-0.15, -0.1) is 0 Å². The van der Waals surface area contributed by atoms with Crippen LogP contribution in [0, 0.1) is 18.8 Å². The van der Waals surface area contributed by atoms with E-state index in [1.54, 1.807) is 0 Å². The molecular formula is C16H23NO2. The van der Waals surface area contributed by atoms with Gasteiger partial charge in [0.2, 0.25) is 0 Å². The standard InChI is InChI=1S/C16H23NO2/c1-3-14(16(18)19)10-13-7-8-17(11-13)15-6-4-5-12(2)9-15/h4-6,9,13-14H,3,7-8,10-11H2,1-2H3,(H,18,19). The van der Waals surface area contributed by atoms with Gasteiger partial charge in [0.15, 0.2) is 0 Å². The number of hydrogen-bond acceptors (Lipinski definition) is 2. The summed E-state index contributed by atoms with van der Waals surface area (Å²) in [4.78, 5) is 13.5. The van der Waals surface area contributed by atoms with Crippen molar-refractivity contribution in [3.63, 3.8) is 0 Å². The molecule has 0 aliphatic carbocycles. The normalized spacial score (nSPS) is 20.5. The quantitative estimate of drug-likeness (QED) is 0.884. The maximum atomic E-state index is 11.1. The van der Waals surface area contributed by atoms with Crippen LogP contribution in [-0.2, 0) is 4.79 Å². The Kier molecular flexibility index (Phi) is 4.46. The second-order valence-corrected chi connectivity index (χ2v) is 5.62. The molecule has 0 radical (unpaired) electrons. The molecule has 3 nitrogen and oxygen atoms in total. The van der Waals surface area contributed by atoms with Crippen LogP contribution in [0.4, 0.5) is 5.69 Å². The molecule has 3 heteroatoms. The summed E-state index contributed by atoms with van der Waals surface area (Å²) in [7, 11) is 0. The summed E-state index contributed by atoms with van der Waals surface area (Å²) in [6, 6.07) is 8.54. The molecule has 1 aliphatic rings. The summed E-state index contributed by atoms with van der Waals surface area (Å²) < 4.78 is 0. The highest BCUT2D eigenvalue weighted by Crippen LogP contribution is 2.29. The predicted molar refractivity (Wildman–Crippen MR) is 77.5 cm³/mol. The van der Waals surface area contributed by atoms with E-state index in [2.05, 4.69) is 36.1 Å². The van der Waals surface area contributed by atoms with E-state index in [9.17, 15) is 4.79 Å². The fraction of sp³-hybridized carbons (Fsp3) is 0.562. The topological polar surface area (TPSA) is 40.5 Å². The Morgan fingerprint density at radius 2 is 2.32 bits per heavy atom. The Hall–Kier alpha value is -1.51. The smallest absolute Gasteiger partial charge is 0.306 e. The molecule has 104 valence electrons. The number of rotatable bonds is 5. The summed E-state index contributed by atoms with van der Waals surface area (Å²) in [6.45, 7) is 6.11. The number of benzene rings is 1. The molecule has 1 heterocycles. The third kappa shape index (κ3) is 3.49. The Balaban J connectivity index is 1.94. The van der Waals surface area contributed by atoms with Crippen molar-refractivity contribution in [2.24, 2.45) is 11.8 Å². The van der Waals surface area contributed by atoms with Gasteiger partial charge in [0.1, 0.15) is 0 Å². The van der Waals surface area contributed by atoms with Crippen LogP contribution in [0.3, 0.4) is 0 Å². The molecule has 0 saturated carbocycles. The minimum atomic E-state index is -0.642. The molecule has 0 aromatic heterocycles. The lowest BCUT2D eigenvalue weighted by atomic mass is 9.92. The second-order valence-electron chi connectivity index (χ2n) is 5.62. The monoisotopic (exact) mass is 261 g/mol. The van der Waals surface area contributed by atoms with Gasteiger partial charge in [-0.05, 0) is 49.8 Å². The largest absolute Gasteiger partial charge is 0.481 e. The molecule has 0 bridgehead atoms. The first-order valence-corrected chi connectivity index (χ1v) is 7.14. The summed E-state index contributed by atoms with van der Waals surface area (Å²) >= 11 is 0. The average Bonchev–Trinajstić information content (AvgIpc) is 2.84. The van der Waals surface area contributed by atoms with E-state index in [0.717, 1.165) is 32.4 Å². The van der Waals surface area contributed by atoms with E-state index in [-0.39, 0.29) is 5.92 Å². The van der Waals surface area contributed by atoms with Crippen molar-refractivity contribution in [3.05, 3.63) is 29.8 Å². The number of carboxylic acids is 1. The zero-order valence-corrected chi connectivity index (χ0v) is 11.8. The van der Waals surface area contributed by atoms with Gasteiger partial charge in [-0.3, -0.25) is 4.79 Å². The maximum Gasteiger partial charge on any atom is 0.306 e. The van der Waals surface area contributed by atoms with E-state index in [1.807, 2.05) is 6.92 Å². The van der Waals surface area contributed by atoms with Crippen LogP contribution < -0.4 is 4.90 Å². The molecule has 1 aliphatic heterocycles. The predicted octanol–water partition coefficient (Wildman–Crippen LogP) is 3.32. The van der Waals surface area contributed by atoms with E-state index in [1.165, 1.54) is 11.3 Å². The number of hydrogen-bond donors (Lipinski definition) is 1. The van der Waals surface area contributed by atoms with Crippen LogP contribution in [0.15, 0.2) is 24.3 Å². The minimum Gasteiger partial charge on any atom is -0.481 e. The first-order chi connectivity index (χ1) is 9.10. The van der Waals surface area contributed by atoms with Gasteiger partial charge < -0.3 is 10.0 Å². The number of aliphatic carboxylic acids is 1. The summed E-state index contributed by atoms with van der Waals surface area (Å²) in [5, 5.41) is 9.14. The molecule has 0 amide bonds. The van der Waals surface area contributed by atoms with Gasteiger partial charge in [0, 0.05) is 18.8 Å². The van der Waals surface area contributed by atoms with Crippen molar-refractivity contribution in [2.45, 2.75) is 33.1 Å². The fourth-order valence-electron chi connectivity index (χ4n) is 2.93. The number of carbonyl (C=O) groups is 1. The molecule has 19 heavy (non-hydrogen) atoms. The lowest BCUT2D eigenvalue weighted by Gasteiger charge is -2.20. The Bertz CT molecular complexity index is 444. The third-order valence-electron chi connectivity index (χ3n) is 4.11. The molecular weight excluding hydrogens is 238 g/mol.